The average molecular weight is 292 g/mol. The van der Waals surface area contributed by atoms with Crippen molar-refractivity contribution in [3.8, 4) is 11.5 Å². The Morgan fingerprint density at radius 2 is 2.10 bits per heavy atom. The highest BCUT2D eigenvalue weighted by Gasteiger charge is 2.22. The van der Waals surface area contributed by atoms with Crippen molar-refractivity contribution in [1.29, 1.82) is 0 Å². The molecule has 1 aliphatic heterocycles. The first-order chi connectivity index (χ1) is 10.1. The van der Waals surface area contributed by atoms with E-state index in [0.29, 0.717) is 12.1 Å². The maximum atomic E-state index is 5.71. The van der Waals surface area contributed by atoms with E-state index in [1.54, 1.807) is 7.11 Å². The number of hydrogen-bond donors (Lipinski definition) is 1. The summed E-state index contributed by atoms with van der Waals surface area (Å²) >= 11 is 0. The third-order valence-electron chi connectivity index (χ3n) is 3.97. The zero-order valence-corrected chi connectivity index (χ0v) is 13.7. The van der Waals surface area contributed by atoms with E-state index in [0.717, 1.165) is 44.2 Å². The second-order valence-corrected chi connectivity index (χ2v) is 5.92. The van der Waals surface area contributed by atoms with Gasteiger partial charge in [-0.05, 0) is 38.0 Å². The minimum Gasteiger partial charge on any atom is -0.493 e. The van der Waals surface area contributed by atoms with Crippen molar-refractivity contribution < 1.29 is 9.47 Å². The molecule has 2 atom stereocenters. The SMILES string of the molecule is CCCOc1ccc(CN2CC(C)NCC2C)cc1OC. The molecule has 1 aliphatic rings. The van der Waals surface area contributed by atoms with Crippen molar-refractivity contribution in [1.82, 2.24) is 10.2 Å². The minimum absolute atomic E-state index is 0.551. The molecule has 4 heteroatoms. The van der Waals surface area contributed by atoms with E-state index >= 15 is 0 Å². The maximum Gasteiger partial charge on any atom is 0.161 e. The summed E-state index contributed by atoms with van der Waals surface area (Å²) in [4.78, 5) is 2.52. The van der Waals surface area contributed by atoms with E-state index in [9.17, 15) is 0 Å². The van der Waals surface area contributed by atoms with Crippen LogP contribution in [0.2, 0.25) is 0 Å². The van der Waals surface area contributed by atoms with Crippen LogP contribution >= 0.6 is 0 Å². The lowest BCUT2D eigenvalue weighted by Gasteiger charge is -2.37. The van der Waals surface area contributed by atoms with Gasteiger partial charge in [-0.2, -0.15) is 0 Å². The molecule has 1 aromatic rings. The summed E-state index contributed by atoms with van der Waals surface area (Å²) in [7, 11) is 1.70. The van der Waals surface area contributed by atoms with Gasteiger partial charge in [0.2, 0.25) is 0 Å². The largest absolute Gasteiger partial charge is 0.493 e. The van der Waals surface area contributed by atoms with Crippen molar-refractivity contribution >= 4 is 0 Å². The second-order valence-electron chi connectivity index (χ2n) is 5.92. The van der Waals surface area contributed by atoms with Gasteiger partial charge in [0.1, 0.15) is 0 Å². The van der Waals surface area contributed by atoms with Gasteiger partial charge in [0.25, 0.3) is 0 Å². The van der Waals surface area contributed by atoms with Crippen LogP contribution < -0.4 is 14.8 Å². The van der Waals surface area contributed by atoms with Gasteiger partial charge < -0.3 is 14.8 Å². The fourth-order valence-electron chi connectivity index (χ4n) is 2.69. The summed E-state index contributed by atoms with van der Waals surface area (Å²) in [5.74, 6) is 1.67. The highest BCUT2D eigenvalue weighted by molar-refractivity contribution is 5.43. The molecule has 1 aromatic carbocycles. The molecule has 2 rings (SSSR count). The molecule has 1 N–H and O–H groups in total. The molecule has 0 bridgehead atoms. The monoisotopic (exact) mass is 292 g/mol. The van der Waals surface area contributed by atoms with Crippen molar-refractivity contribution in [2.24, 2.45) is 0 Å². The standard InChI is InChI=1S/C17H28N2O2/c1-5-8-21-16-7-6-15(9-17(16)20-4)12-19-11-13(2)18-10-14(19)3/h6-7,9,13-14,18H,5,8,10-12H2,1-4H3. The number of nitrogens with zero attached hydrogens (tertiary/aromatic N) is 1. The second kappa shape index (κ2) is 7.66. The zero-order valence-electron chi connectivity index (χ0n) is 13.7. The number of piperazine rings is 1. The normalized spacial score (nSPS) is 23.0. The van der Waals surface area contributed by atoms with Crippen molar-refractivity contribution in [2.45, 2.75) is 45.8 Å². The molecule has 0 amide bonds. The summed E-state index contributed by atoms with van der Waals surface area (Å²) < 4.78 is 11.2. The van der Waals surface area contributed by atoms with Crippen molar-refractivity contribution in [3.63, 3.8) is 0 Å². The number of benzene rings is 1. The van der Waals surface area contributed by atoms with Gasteiger partial charge in [-0.15, -0.1) is 0 Å². The Morgan fingerprint density at radius 1 is 1.29 bits per heavy atom. The molecule has 0 spiro atoms. The number of hydrogen-bond acceptors (Lipinski definition) is 4. The summed E-state index contributed by atoms with van der Waals surface area (Å²) in [6.45, 7) is 10.4. The van der Waals surface area contributed by atoms with Gasteiger partial charge in [-0.25, -0.2) is 0 Å². The van der Waals surface area contributed by atoms with Crippen LogP contribution in [-0.2, 0) is 6.54 Å². The summed E-state index contributed by atoms with van der Waals surface area (Å²) in [5, 5.41) is 3.52. The topological polar surface area (TPSA) is 33.7 Å². The molecular formula is C17H28N2O2. The predicted octanol–water partition coefficient (Wildman–Crippen LogP) is 2.67. The first-order valence-electron chi connectivity index (χ1n) is 7.91. The summed E-state index contributed by atoms with van der Waals surface area (Å²) in [6.07, 6.45) is 1.00. The Kier molecular flexibility index (Phi) is 5.88. The molecule has 0 aliphatic carbocycles. The third-order valence-corrected chi connectivity index (χ3v) is 3.97. The Bertz CT molecular complexity index is 450. The quantitative estimate of drug-likeness (QED) is 0.874. The van der Waals surface area contributed by atoms with Gasteiger partial charge in [0.05, 0.1) is 13.7 Å². The van der Waals surface area contributed by atoms with Crippen LogP contribution in [0.1, 0.15) is 32.8 Å². The highest BCUT2D eigenvalue weighted by Crippen LogP contribution is 2.29. The molecule has 1 saturated heterocycles. The zero-order chi connectivity index (χ0) is 15.2. The third kappa shape index (κ3) is 4.35. The Balaban J connectivity index is 2.06. The van der Waals surface area contributed by atoms with Crippen LogP contribution in [-0.4, -0.2) is 43.8 Å². The molecule has 21 heavy (non-hydrogen) atoms. The summed E-state index contributed by atoms with van der Waals surface area (Å²) in [5.41, 5.74) is 1.27. The predicted molar refractivity (Wildman–Crippen MR) is 86.1 cm³/mol. The van der Waals surface area contributed by atoms with Crippen LogP contribution in [0.3, 0.4) is 0 Å². The van der Waals surface area contributed by atoms with Crippen LogP contribution in [0, 0.1) is 0 Å². The lowest BCUT2D eigenvalue weighted by molar-refractivity contribution is 0.138. The van der Waals surface area contributed by atoms with Crippen LogP contribution in [0.15, 0.2) is 18.2 Å². The first kappa shape index (κ1) is 16.1. The fourth-order valence-corrected chi connectivity index (χ4v) is 2.69. The molecular weight excluding hydrogens is 264 g/mol. The van der Waals surface area contributed by atoms with Crippen LogP contribution in [0.5, 0.6) is 11.5 Å². The number of nitrogens with one attached hydrogen (secondary N) is 1. The van der Waals surface area contributed by atoms with Crippen LogP contribution in [0.4, 0.5) is 0 Å². The highest BCUT2D eigenvalue weighted by atomic mass is 16.5. The van der Waals surface area contributed by atoms with E-state index in [1.165, 1.54) is 5.56 Å². The molecule has 1 fully saturated rings. The average Bonchev–Trinajstić information content (AvgIpc) is 2.49. The van der Waals surface area contributed by atoms with Gasteiger partial charge in [-0.3, -0.25) is 4.90 Å². The van der Waals surface area contributed by atoms with Gasteiger partial charge in [0.15, 0.2) is 11.5 Å². The molecule has 4 nitrogen and oxygen atoms in total. The first-order valence-corrected chi connectivity index (χ1v) is 7.91. The van der Waals surface area contributed by atoms with Crippen molar-refractivity contribution in [2.75, 3.05) is 26.8 Å². The van der Waals surface area contributed by atoms with Crippen LogP contribution in [0.25, 0.3) is 0 Å². The molecule has 0 radical (unpaired) electrons. The Morgan fingerprint density at radius 3 is 2.81 bits per heavy atom. The molecule has 0 saturated carbocycles. The molecule has 1 heterocycles. The lowest BCUT2D eigenvalue weighted by atomic mass is 10.1. The minimum atomic E-state index is 0.551. The fraction of sp³-hybridized carbons (Fsp3) is 0.647. The van der Waals surface area contributed by atoms with E-state index in [-0.39, 0.29) is 0 Å². The van der Waals surface area contributed by atoms with E-state index in [1.807, 2.05) is 6.07 Å². The van der Waals surface area contributed by atoms with E-state index in [2.05, 4.69) is 43.1 Å². The Labute approximate surface area is 128 Å². The number of ether oxygens (including phenoxy) is 2. The van der Waals surface area contributed by atoms with Crippen molar-refractivity contribution in [3.05, 3.63) is 23.8 Å². The van der Waals surface area contributed by atoms with Gasteiger partial charge in [0, 0.05) is 31.7 Å². The lowest BCUT2D eigenvalue weighted by Crippen LogP contribution is -2.53. The van der Waals surface area contributed by atoms with Gasteiger partial charge >= 0.3 is 0 Å². The molecule has 2 unspecified atom stereocenters. The van der Waals surface area contributed by atoms with Gasteiger partial charge in [-0.1, -0.05) is 13.0 Å². The molecule has 0 aromatic heterocycles. The summed E-state index contributed by atoms with van der Waals surface area (Å²) in [6, 6.07) is 7.38. The number of methoxy groups -OCH3 is 1. The molecule has 118 valence electrons. The smallest absolute Gasteiger partial charge is 0.161 e. The van der Waals surface area contributed by atoms with E-state index in [4.69, 9.17) is 9.47 Å². The maximum absolute atomic E-state index is 5.71. The number of rotatable bonds is 6. The Hall–Kier alpha value is -1.26. The van der Waals surface area contributed by atoms with E-state index < -0.39 is 0 Å².